The Balaban J connectivity index is 2.38. The molecule has 0 unspecified atom stereocenters. The van der Waals surface area contributed by atoms with Crippen molar-refractivity contribution in [3.63, 3.8) is 0 Å². The molecule has 2 N–H and O–H groups in total. The predicted octanol–water partition coefficient (Wildman–Crippen LogP) is 0.704. The third-order valence-electron chi connectivity index (χ3n) is 3.35. The van der Waals surface area contributed by atoms with E-state index in [1.165, 1.54) is 6.26 Å². The molecule has 0 aromatic heterocycles. The van der Waals surface area contributed by atoms with Gasteiger partial charge in [-0.3, -0.25) is 0 Å². The number of aliphatic hydroxyl groups is 1. The summed E-state index contributed by atoms with van der Waals surface area (Å²) < 4.78 is 22.1. The summed E-state index contributed by atoms with van der Waals surface area (Å²) in [6.07, 6.45) is 4.90. The molecular weight excluding hydrogens is 226 g/mol. The Morgan fingerprint density at radius 1 is 1.38 bits per heavy atom. The fourth-order valence-electron chi connectivity index (χ4n) is 2.27. The van der Waals surface area contributed by atoms with Crippen molar-refractivity contribution < 1.29 is 13.5 Å². The summed E-state index contributed by atoms with van der Waals surface area (Å²) in [6.45, 7) is 3.02. The smallest absolute Gasteiger partial charge is 0.147 e. The van der Waals surface area contributed by atoms with Gasteiger partial charge < -0.3 is 10.4 Å². The molecule has 0 atom stereocenters. The predicted molar refractivity (Wildman–Crippen MR) is 65.2 cm³/mol. The average Bonchev–Trinajstić information content (AvgIpc) is 2.19. The molecule has 0 aliphatic heterocycles. The van der Waals surface area contributed by atoms with Crippen LogP contribution < -0.4 is 5.32 Å². The van der Waals surface area contributed by atoms with Crippen LogP contribution in [0.15, 0.2) is 0 Å². The van der Waals surface area contributed by atoms with E-state index in [9.17, 15) is 13.5 Å². The van der Waals surface area contributed by atoms with E-state index < -0.39 is 15.4 Å². The Labute approximate surface area is 98.4 Å². The van der Waals surface area contributed by atoms with Crippen LogP contribution in [0.4, 0.5) is 0 Å². The van der Waals surface area contributed by atoms with Gasteiger partial charge in [0.1, 0.15) is 9.84 Å². The van der Waals surface area contributed by atoms with E-state index in [1.807, 2.05) is 0 Å². The molecule has 96 valence electrons. The highest BCUT2D eigenvalue weighted by Crippen LogP contribution is 2.31. The second kappa shape index (κ2) is 5.47. The van der Waals surface area contributed by atoms with E-state index in [0.29, 0.717) is 25.3 Å². The minimum Gasteiger partial charge on any atom is -0.390 e. The fourth-order valence-corrected chi connectivity index (χ4v) is 3.02. The first-order valence-corrected chi connectivity index (χ1v) is 8.04. The number of rotatable bonds is 5. The number of hydrogen-bond acceptors (Lipinski definition) is 4. The molecule has 1 aliphatic rings. The lowest BCUT2D eigenvalue weighted by molar-refractivity contribution is -0.00590. The lowest BCUT2D eigenvalue weighted by atomic mass is 9.80. The molecular formula is C11H23NO3S. The van der Waals surface area contributed by atoms with Gasteiger partial charge in [-0.05, 0) is 38.6 Å². The van der Waals surface area contributed by atoms with Crippen LogP contribution in [0.2, 0.25) is 0 Å². The maximum atomic E-state index is 11.1. The third kappa shape index (κ3) is 4.80. The molecule has 5 heteroatoms. The van der Waals surface area contributed by atoms with Crippen molar-refractivity contribution in [2.24, 2.45) is 0 Å². The highest BCUT2D eigenvalue weighted by atomic mass is 32.2. The first-order valence-electron chi connectivity index (χ1n) is 5.98. The zero-order valence-electron chi connectivity index (χ0n) is 10.2. The van der Waals surface area contributed by atoms with Crippen molar-refractivity contribution in [2.45, 2.75) is 50.7 Å². The zero-order chi connectivity index (χ0) is 12.2. The molecule has 0 amide bonds. The second-order valence-corrected chi connectivity index (χ2v) is 7.20. The molecule has 1 rings (SSSR count). The van der Waals surface area contributed by atoms with Crippen LogP contribution in [0.5, 0.6) is 0 Å². The van der Waals surface area contributed by atoms with Gasteiger partial charge in [-0.1, -0.05) is 6.92 Å². The largest absolute Gasteiger partial charge is 0.390 e. The van der Waals surface area contributed by atoms with E-state index in [1.54, 1.807) is 0 Å². The number of nitrogens with one attached hydrogen (secondary N) is 1. The van der Waals surface area contributed by atoms with Crippen molar-refractivity contribution in [3.05, 3.63) is 0 Å². The molecule has 0 spiro atoms. The van der Waals surface area contributed by atoms with Gasteiger partial charge in [-0.2, -0.15) is 0 Å². The van der Waals surface area contributed by atoms with Crippen LogP contribution in [0, 0.1) is 0 Å². The highest BCUT2D eigenvalue weighted by Gasteiger charge is 2.33. The average molecular weight is 249 g/mol. The minimum atomic E-state index is -2.96. The van der Waals surface area contributed by atoms with Gasteiger partial charge in [0.05, 0.1) is 11.4 Å². The first-order chi connectivity index (χ1) is 7.35. The maximum absolute atomic E-state index is 11.1. The van der Waals surface area contributed by atoms with Crippen LogP contribution in [-0.4, -0.2) is 43.7 Å². The van der Waals surface area contributed by atoms with Crippen LogP contribution in [0.1, 0.15) is 39.0 Å². The van der Waals surface area contributed by atoms with Gasteiger partial charge in [-0.25, -0.2) is 8.42 Å². The summed E-state index contributed by atoms with van der Waals surface area (Å²) in [5.41, 5.74) is -0.755. The van der Waals surface area contributed by atoms with Gasteiger partial charge in [0.2, 0.25) is 0 Å². The van der Waals surface area contributed by atoms with Crippen LogP contribution >= 0.6 is 0 Å². The van der Waals surface area contributed by atoms with Crippen molar-refractivity contribution in [2.75, 3.05) is 18.6 Å². The first kappa shape index (κ1) is 13.9. The van der Waals surface area contributed by atoms with E-state index in [-0.39, 0.29) is 5.75 Å². The van der Waals surface area contributed by atoms with Crippen molar-refractivity contribution in [3.8, 4) is 0 Å². The normalized spacial score (nSPS) is 31.6. The summed E-state index contributed by atoms with van der Waals surface area (Å²) in [7, 11) is -2.96. The van der Waals surface area contributed by atoms with Gasteiger partial charge in [0.25, 0.3) is 0 Å². The number of sulfone groups is 1. The second-order valence-electron chi connectivity index (χ2n) is 4.94. The molecule has 1 fully saturated rings. The standard InChI is InChI=1S/C11H23NO3S/c1-3-12-10-4-6-11(13,7-5-10)8-9-16(2,14)15/h10,12-13H,3-9H2,1-2H3. The zero-order valence-corrected chi connectivity index (χ0v) is 11.0. The molecule has 0 saturated heterocycles. The highest BCUT2D eigenvalue weighted by molar-refractivity contribution is 7.90. The quantitative estimate of drug-likeness (QED) is 0.753. The lowest BCUT2D eigenvalue weighted by Crippen LogP contribution is -2.42. The summed E-state index contributed by atoms with van der Waals surface area (Å²) in [4.78, 5) is 0. The molecule has 16 heavy (non-hydrogen) atoms. The Morgan fingerprint density at radius 3 is 2.38 bits per heavy atom. The van der Waals surface area contributed by atoms with Crippen LogP contribution in [-0.2, 0) is 9.84 Å². The minimum absolute atomic E-state index is 0.0926. The molecule has 0 bridgehead atoms. The Hall–Kier alpha value is -0.130. The van der Waals surface area contributed by atoms with E-state index in [0.717, 1.165) is 19.4 Å². The summed E-state index contributed by atoms with van der Waals surface area (Å²) >= 11 is 0. The van der Waals surface area contributed by atoms with E-state index >= 15 is 0 Å². The van der Waals surface area contributed by atoms with Gasteiger partial charge >= 0.3 is 0 Å². The van der Waals surface area contributed by atoms with Gasteiger partial charge in [-0.15, -0.1) is 0 Å². The molecule has 1 aliphatic carbocycles. The van der Waals surface area contributed by atoms with Crippen molar-refractivity contribution in [1.29, 1.82) is 0 Å². The van der Waals surface area contributed by atoms with Crippen LogP contribution in [0.3, 0.4) is 0 Å². The number of hydrogen-bond donors (Lipinski definition) is 2. The van der Waals surface area contributed by atoms with E-state index in [4.69, 9.17) is 0 Å². The fraction of sp³-hybridized carbons (Fsp3) is 1.00. The summed E-state index contributed by atoms with van der Waals surface area (Å²) in [5.74, 6) is 0.0926. The van der Waals surface area contributed by atoms with Gasteiger partial charge in [0, 0.05) is 12.3 Å². The maximum Gasteiger partial charge on any atom is 0.147 e. The molecule has 0 radical (unpaired) electrons. The SMILES string of the molecule is CCNC1CCC(O)(CCS(C)(=O)=O)CC1. The third-order valence-corrected chi connectivity index (χ3v) is 4.29. The lowest BCUT2D eigenvalue weighted by Gasteiger charge is -2.36. The molecule has 4 nitrogen and oxygen atoms in total. The molecule has 1 saturated carbocycles. The van der Waals surface area contributed by atoms with Crippen molar-refractivity contribution in [1.82, 2.24) is 5.32 Å². The Bertz CT molecular complexity index is 305. The Kier molecular flexibility index (Phi) is 4.76. The summed E-state index contributed by atoms with van der Waals surface area (Å²) in [5, 5.41) is 13.6. The van der Waals surface area contributed by atoms with Gasteiger partial charge in [0.15, 0.2) is 0 Å². The summed E-state index contributed by atoms with van der Waals surface area (Å²) in [6, 6.07) is 0.489. The van der Waals surface area contributed by atoms with Crippen LogP contribution in [0.25, 0.3) is 0 Å². The van der Waals surface area contributed by atoms with Crippen molar-refractivity contribution >= 4 is 9.84 Å². The molecule has 0 aromatic rings. The van der Waals surface area contributed by atoms with E-state index in [2.05, 4.69) is 12.2 Å². The molecule has 0 heterocycles. The topological polar surface area (TPSA) is 66.4 Å². The molecule has 0 aromatic carbocycles. The monoisotopic (exact) mass is 249 g/mol. The Morgan fingerprint density at radius 2 is 1.94 bits per heavy atom.